The predicted octanol–water partition coefficient (Wildman–Crippen LogP) is 9.23. The number of nitrogens with zero attached hydrogens (tertiary/aromatic N) is 2. The van der Waals surface area contributed by atoms with Crippen LogP contribution in [0.3, 0.4) is 0 Å². The SMILES string of the molecule is O=P1(c2ccc3c(c2)nc2c4ccccc4c4ccc(-c5ccc6ccccc6c5)cc4n32)c2ccccc2-c2ccccc21. The quantitative estimate of drug-likeness (QED) is 0.148. The zero-order valence-corrected chi connectivity index (χ0v) is 25.1. The number of hydrogen-bond donors (Lipinski definition) is 0. The first-order valence-electron chi connectivity index (χ1n) is 15.2. The van der Waals surface area contributed by atoms with Gasteiger partial charge < -0.3 is 4.57 Å². The molecule has 3 nitrogen and oxygen atoms in total. The average Bonchev–Trinajstić information content (AvgIpc) is 3.62. The van der Waals surface area contributed by atoms with Crippen molar-refractivity contribution in [3.05, 3.63) is 152 Å². The first kappa shape index (κ1) is 24.9. The fraction of sp³-hybridized carbons (Fsp3) is 0. The Kier molecular flexibility index (Phi) is 4.99. The molecule has 0 radical (unpaired) electrons. The van der Waals surface area contributed by atoms with Gasteiger partial charge in [0.05, 0.1) is 16.6 Å². The van der Waals surface area contributed by atoms with Gasteiger partial charge in [-0.1, -0.05) is 121 Å². The first-order chi connectivity index (χ1) is 22.2. The van der Waals surface area contributed by atoms with Crippen LogP contribution in [0, 0.1) is 0 Å². The third kappa shape index (κ3) is 3.36. The van der Waals surface area contributed by atoms with Crippen molar-refractivity contribution >= 4 is 72.2 Å². The summed E-state index contributed by atoms with van der Waals surface area (Å²) in [6, 6.07) is 52.9. The summed E-state index contributed by atoms with van der Waals surface area (Å²) in [6.07, 6.45) is 0. The smallest absolute Gasteiger partial charge is 0.172 e. The lowest BCUT2D eigenvalue weighted by Gasteiger charge is -2.16. The van der Waals surface area contributed by atoms with Gasteiger partial charge in [0.15, 0.2) is 7.14 Å². The van der Waals surface area contributed by atoms with E-state index < -0.39 is 7.14 Å². The molecule has 45 heavy (non-hydrogen) atoms. The monoisotopic (exact) mass is 592 g/mol. The Hall–Kier alpha value is -5.50. The molecular formula is C41H25N2OP. The number of fused-ring (bicyclic) bond motifs is 12. The Morgan fingerprint density at radius 1 is 0.489 bits per heavy atom. The van der Waals surface area contributed by atoms with Crippen molar-refractivity contribution in [3.8, 4) is 22.3 Å². The second-order valence-corrected chi connectivity index (χ2v) is 14.6. The van der Waals surface area contributed by atoms with Crippen LogP contribution in [0.2, 0.25) is 0 Å². The van der Waals surface area contributed by atoms with Crippen molar-refractivity contribution < 1.29 is 4.57 Å². The van der Waals surface area contributed by atoms with Gasteiger partial charge in [0.1, 0.15) is 5.65 Å². The van der Waals surface area contributed by atoms with E-state index in [2.05, 4.69) is 120 Å². The molecule has 0 saturated carbocycles. The Morgan fingerprint density at radius 3 is 1.93 bits per heavy atom. The fourth-order valence-corrected chi connectivity index (χ4v) is 10.5. The standard InChI is InChI=1S/C41H25N2OP/c44-45(39-15-7-5-12-33(39)34-13-6-8-16-40(34)45)30-20-22-37-36(25-30)42-41-35-14-4-3-11-31(35)32-21-19-29(24-38(32)43(37)41)28-18-17-26-9-1-2-10-27(26)23-28/h1-25H. The summed E-state index contributed by atoms with van der Waals surface area (Å²) in [5, 5.41) is 8.55. The Labute approximate surface area is 259 Å². The van der Waals surface area contributed by atoms with Crippen molar-refractivity contribution in [2.45, 2.75) is 0 Å². The first-order valence-corrected chi connectivity index (χ1v) is 17.0. The van der Waals surface area contributed by atoms with E-state index in [1.165, 1.54) is 27.1 Å². The van der Waals surface area contributed by atoms with Crippen LogP contribution in [-0.4, -0.2) is 9.38 Å². The number of benzene rings is 7. The number of pyridine rings is 1. The molecule has 0 fully saturated rings. The van der Waals surface area contributed by atoms with E-state index in [9.17, 15) is 0 Å². The maximum Gasteiger partial charge on any atom is 0.172 e. The van der Waals surface area contributed by atoms with E-state index in [-0.39, 0.29) is 0 Å². The van der Waals surface area contributed by atoms with Gasteiger partial charge in [-0.3, -0.25) is 4.40 Å². The molecule has 0 aliphatic carbocycles. The lowest BCUT2D eigenvalue weighted by Crippen LogP contribution is -2.20. The molecule has 0 atom stereocenters. The molecular weight excluding hydrogens is 567 g/mol. The number of rotatable bonds is 2. The molecule has 4 heteroatoms. The zero-order chi connectivity index (χ0) is 29.7. The molecule has 210 valence electrons. The van der Waals surface area contributed by atoms with Gasteiger partial charge >= 0.3 is 0 Å². The molecule has 3 heterocycles. The maximum atomic E-state index is 15.2. The highest BCUT2D eigenvalue weighted by atomic mass is 31.2. The van der Waals surface area contributed by atoms with Crippen LogP contribution in [0.5, 0.6) is 0 Å². The topological polar surface area (TPSA) is 34.4 Å². The molecule has 7 aromatic carbocycles. The third-order valence-electron chi connectivity index (χ3n) is 9.56. The molecule has 1 aliphatic rings. The largest absolute Gasteiger partial charge is 0.309 e. The highest BCUT2D eigenvalue weighted by molar-refractivity contribution is 7.86. The molecule has 0 bridgehead atoms. The summed E-state index contributed by atoms with van der Waals surface area (Å²) in [5.41, 5.74) is 8.33. The van der Waals surface area contributed by atoms with Crippen LogP contribution in [0.1, 0.15) is 0 Å². The second kappa shape index (κ2) is 9.01. The summed E-state index contributed by atoms with van der Waals surface area (Å²) in [6.45, 7) is 0. The van der Waals surface area contributed by atoms with E-state index >= 15 is 4.57 Å². The third-order valence-corrected chi connectivity index (χ3v) is 12.7. The summed E-state index contributed by atoms with van der Waals surface area (Å²) >= 11 is 0. The molecule has 10 rings (SSSR count). The van der Waals surface area contributed by atoms with Crippen LogP contribution in [0.15, 0.2) is 152 Å². The van der Waals surface area contributed by atoms with Crippen LogP contribution in [0.25, 0.3) is 71.4 Å². The van der Waals surface area contributed by atoms with Crippen molar-refractivity contribution in [3.63, 3.8) is 0 Å². The van der Waals surface area contributed by atoms with Gasteiger partial charge in [-0.15, -0.1) is 0 Å². The molecule has 1 aliphatic heterocycles. The minimum atomic E-state index is -3.06. The fourth-order valence-electron chi connectivity index (χ4n) is 7.45. The van der Waals surface area contributed by atoms with E-state index in [1.54, 1.807) is 0 Å². The molecule has 2 aromatic heterocycles. The Bertz CT molecular complexity index is 2710. The number of hydrogen-bond acceptors (Lipinski definition) is 2. The second-order valence-electron chi connectivity index (χ2n) is 11.9. The highest BCUT2D eigenvalue weighted by Gasteiger charge is 2.40. The van der Waals surface area contributed by atoms with Crippen LogP contribution in [-0.2, 0) is 4.57 Å². The van der Waals surface area contributed by atoms with Gasteiger partial charge in [0.25, 0.3) is 0 Å². The summed E-state index contributed by atoms with van der Waals surface area (Å²) in [4.78, 5) is 5.25. The minimum absolute atomic E-state index is 0.821. The average molecular weight is 593 g/mol. The molecule has 0 saturated heterocycles. The number of imidazole rings is 1. The van der Waals surface area contributed by atoms with Gasteiger partial charge in [-0.2, -0.15) is 0 Å². The van der Waals surface area contributed by atoms with Crippen LogP contribution < -0.4 is 15.9 Å². The van der Waals surface area contributed by atoms with E-state index in [4.69, 9.17) is 4.98 Å². The van der Waals surface area contributed by atoms with E-state index in [1.807, 2.05) is 36.4 Å². The predicted molar refractivity (Wildman–Crippen MR) is 189 cm³/mol. The van der Waals surface area contributed by atoms with Gasteiger partial charge in [-0.05, 0) is 68.7 Å². The van der Waals surface area contributed by atoms with E-state index in [0.29, 0.717) is 0 Å². The Balaban J connectivity index is 1.25. The van der Waals surface area contributed by atoms with Crippen molar-refractivity contribution in [2.24, 2.45) is 0 Å². The zero-order valence-electron chi connectivity index (χ0n) is 24.2. The van der Waals surface area contributed by atoms with Gasteiger partial charge in [0, 0.05) is 26.7 Å². The van der Waals surface area contributed by atoms with Gasteiger partial charge in [-0.25, -0.2) is 4.98 Å². The van der Waals surface area contributed by atoms with E-state index in [0.717, 1.165) is 60.2 Å². The normalized spacial score (nSPS) is 13.6. The summed E-state index contributed by atoms with van der Waals surface area (Å²) in [5.74, 6) is 0. The highest BCUT2D eigenvalue weighted by Crippen LogP contribution is 2.52. The van der Waals surface area contributed by atoms with Crippen LogP contribution in [0.4, 0.5) is 0 Å². The molecule has 0 amide bonds. The van der Waals surface area contributed by atoms with Crippen molar-refractivity contribution in [1.29, 1.82) is 0 Å². The number of aromatic nitrogens is 2. The lowest BCUT2D eigenvalue weighted by atomic mass is 9.98. The molecule has 0 unspecified atom stereocenters. The minimum Gasteiger partial charge on any atom is -0.309 e. The van der Waals surface area contributed by atoms with Crippen molar-refractivity contribution in [1.82, 2.24) is 9.38 Å². The summed E-state index contributed by atoms with van der Waals surface area (Å²) < 4.78 is 17.5. The summed E-state index contributed by atoms with van der Waals surface area (Å²) in [7, 11) is -3.06. The Morgan fingerprint density at radius 2 is 1.13 bits per heavy atom. The van der Waals surface area contributed by atoms with Crippen LogP contribution >= 0.6 is 7.14 Å². The molecule has 0 N–H and O–H groups in total. The molecule has 9 aromatic rings. The maximum absolute atomic E-state index is 15.2. The van der Waals surface area contributed by atoms with Crippen molar-refractivity contribution in [2.75, 3.05) is 0 Å². The molecule has 0 spiro atoms. The van der Waals surface area contributed by atoms with Gasteiger partial charge in [0.2, 0.25) is 0 Å². The lowest BCUT2D eigenvalue weighted by molar-refractivity contribution is 0.593.